The summed E-state index contributed by atoms with van der Waals surface area (Å²) >= 11 is 4.28. The lowest BCUT2D eigenvalue weighted by atomic mass is 10.1. The minimum absolute atomic E-state index is 0.214. The molecule has 0 aromatic carbocycles. The molecule has 1 rings (SSSR count). The molecule has 0 aliphatic rings. The number of carboxylic acids is 1. The average molecular weight is 253 g/mol. The van der Waals surface area contributed by atoms with E-state index >= 15 is 0 Å². The summed E-state index contributed by atoms with van der Waals surface area (Å²) in [7, 11) is 0. The smallest absolute Gasteiger partial charge is 0.330 e. The second kappa shape index (κ2) is 6.42. The summed E-state index contributed by atoms with van der Waals surface area (Å²) in [6.45, 7) is 1.49. The van der Waals surface area contributed by atoms with Crippen molar-refractivity contribution in [3.63, 3.8) is 0 Å². The molecular weight excluding hydrogens is 238 g/mol. The van der Waals surface area contributed by atoms with Crippen molar-refractivity contribution in [1.29, 1.82) is 0 Å². The fourth-order valence-corrected chi connectivity index (χ4v) is 1.54. The Balaban J connectivity index is 2.62. The monoisotopic (exact) mass is 253 g/mol. The van der Waals surface area contributed by atoms with Crippen molar-refractivity contribution < 1.29 is 15.0 Å². The van der Waals surface area contributed by atoms with E-state index in [1.54, 1.807) is 18.3 Å². The summed E-state index contributed by atoms with van der Waals surface area (Å²) in [5.41, 5.74) is 0.885. The van der Waals surface area contributed by atoms with E-state index in [9.17, 15) is 9.90 Å². The molecule has 2 unspecified atom stereocenters. The van der Waals surface area contributed by atoms with E-state index in [1.165, 1.54) is 13.0 Å². The molecule has 4 nitrogen and oxygen atoms in total. The molecule has 0 fully saturated rings. The minimum atomic E-state index is -0.981. The maximum Gasteiger partial charge on any atom is 0.330 e. The van der Waals surface area contributed by atoms with E-state index in [0.29, 0.717) is 5.69 Å². The van der Waals surface area contributed by atoms with Gasteiger partial charge in [-0.2, -0.15) is 12.6 Å². The molecule has 0 bridgehead atoms. The predicted molar refractivity (Wildman–Crippen MR) is 68.0 cm³/mol. The highest BCUT2D eigenvalue weighted by atomic mass is 32.1. The van der Waals surface area contributed by atoms with E-state index in [1.807, 2.05) is 6.07 Å². The van der Waals surface area contributed by atoms with Gasteiger partial charge in [-0.15, -0.1) is 0 Å². The van der Waals surface area contributed by atoms with E-state index in [0.717, 1.165) is 0 Å². The van der Waals surface area contributed by atoms with Crippen LogP contribution in [0.25, 0.3) is 0 Å². The van der Waals surface area contributed by atoms with Crippen molar-refractivity contribution in [3.05, 3.63) is 41.7 Å². The third-order valence-corrected chi connectivity index (χ3v) is 2.97. The number of aliphatic hydroxyl groups is 1. The number of hydrogen-bond acceptors (Lipinski definition) is 4. The molecule has 1 aromatic rings. The fraction of sp³-hybridized carbons (Fsp3) is 0.333. The molecule has 0 amide bonds. The largest absolute Gasteiger partial charge is 0.478 e. The Labute approximate surface area is 105 Å². The quantitative estimate of drug-likeness (QED) is 0.553. The van der Waals surface area contributed by atoms with Crippen molar-refractivity contribution >= 4 is 18.6 Å². The summed E-state index contributed by atoms with van der Waals surface area (Å²) in [4.78, 5) is 14.7. The number of hydrogen-bond donors (Lipinski definition) is 3. The van der Waals surface area contributed by atoms with Crippen LogP contribution in [0.5, 0.6) is 0 Å². The van der Waals surface area contributed by atoms with Gasteiger partial charge in [0.1, 0.15) is 0 Å². The highest BCUT2D eigenvalue weighted by molar-refractivity contribution is 7.80. The van der Waals surface area contributed by atoms with Crippen molar-refractivity contribution in [3.8, 4) is 0 Å². The molecule has 92 valence electrons. The topological polar surface area (TPSA) is 70.4 Å². The second-order valence-electron chi connectivity index (χ2n) is 3.69. The van der Waals surface area contributed by atoms with Gasteiger partial charge < -0.3 is 10.2 Å². The molecule has 1 aromatic heterocycles. The minimum Gasteiger partial charge on any atom is -0.478 e. The number of aliphatic hydroxyl groups excluding tert-OH is 1. The maximum absolute atomic E-state index is 10.6. The van der Waals surface area contributed by atoms with Crippen molar-refractivity contribution in [2.75, 3.05) is 0 Å². The summed E-state index contributed by atoms with van der Waals surface area (Å²) in [5, 5.41) is 18.1. The number of carboxylic acid groups (broad SMARTS) is 1. The Bertz CT molecular complexity index is 405. The molecule has 0 spiro atoms. The van der Waals surface area contributed by atoms with Gasteiger partial charge in [-0.1, -0.05) is 12.1 Å². The average Bonchev–Trinajstić information content (AvgIpc) is 2.35. The second-order valence-corrected chi connectivity index (χ2v) is 4.25. The first kappa shape index (κ1) is 13.7. The first-order valence-corrected chi connectivity index (χ1v) is 5.71. The molecule has 0 radical (unpaired) electrons. The molecule has 0 aliphatic carbocycles. The van der Waals surface area contributed by atoms with Crippen LogP contribution in [-0.2, 0) is 4.79 Å². The van der Waals surface area contributed by atoms with E-state index in [2.05, 4.69) is 17.6 Å². The van der Waals surface area contributed by atoms with Crippen LogP contribution in [0.2, 0.25) is 0 Å². The zero-order valence-corrected chi connectivity index (χ0v) is 10.3. The van der Waals surface area contributed by atoms with Crippen molar-refractivity contribution in [2.24, 2.45) is 0 Å². The Morgan fingerprint density at radius 3 is 2.82 bits per heavy atom. The van der Waals surface area contributed by atoms with Crippen LogP contribution in [-0.4, -0.2) is 27.3 Å². The number of nitrogens with zero attached hydrogens (tertiary/aromatic N) is 1. The van der Waals surface area contributed by atoms with Crippen LogP contribution in [0, 0.1) is 0 Å². The number of carbonyl (C=O) groups is 1. The Kier molecular flexibility index (Phi) is 5.18. The Morgan fingerprint density at radius 2 is 2.29 bits per heavy atom. The number of aliphatic carboxylic acids is 1. The number of rotatable bonds is 5. The summed E-state index contributed by atoms with van der Waals surface area (Å²) in [6.07, 6.45) is 2.59. The van der Waals surface area contributed by atoms with Gasteiger partial charge in [0.05, 0.1) is 17.0 Å². The SMILES string of the molecule is CC(=CCC(O)C(S)c1ccccn1)C(=O)O. The van der Waals surface area contributed by atoms with Gasteiger partial charge in [0.15, 0.2) is 0 Å². The molecule has 0 saturated carbocycles. The molecule has 2 atom stereocenters. The molecule has 1 heterocycles. The van der Waals surface area contributed by atoms with Gasteiger partial charge in [0, 0.05) is 11.8 Å². The summed E-state index contributed by atoms with van der Waals surface area (Å²) in [6, 6.07) is 5.37. The zero-order chi connectivity index (χ0) is 12.8. The van der Waals surface area contributed by atoms with Gasteiger partial charge in [0.25, 0.3) is 0 Å². The number of pyridine rings is 1. The van der Waals surface area contributed by atoms with Gasteiger partial charge in [-0.05, 0) is 25.5 Å². The number of thiol groups is 1. The van der Waals surface area contributed by atoms with Crippen LogP contribution in [0.4, 0.5) is 0 Å². The molecule has 0 aliphatic heterocycles. The maximum atomic E-state index is 10.6. The van der Waals surface area contributed by atoms with Crippen molar-refractivity contribution in [2.45, 2.75) is 24.7 Å². The molecule has 5 heteroatoms. The number of aromatic nitrogens is 1. The lowest BCUT2D eigenvalue weighted by Crippen LogP contribution is -2.14. The van der Waals surface area contributed by atoms with Crippen LogP contribution in [0.1, 0.15) is 24.3 Å². The third kappa shape index (κ3) is 4.20. The van der Waals surface area contributed by atoms with E-state index < -0.39 is 17.3 Å². The van der Waals surface area contributed by atoms with Gasteiger partial charge >= 0.3 is 5.97 Å². The normalized spacial score (nSPS) is 15.4. The van der Waals surface area contributed by atoms with Gasteiger partial charge in [-0.3, -0.25) is 4.98 Å². The first-order chi connectivity index (χ1) is 8.02. The summed E-state index contributed by atoms with van der Waals surface area (Å²) in [5.74, 6) is -0.981. The standard InChI is InChI=1S/C12H15NO3S/c1-8(12(15)16)5-6-10(14)11(17)9-4-2-3-7-13-9/h2-5,7,10-11,14,17H,6H2,1H3,(H,15,16). The van der Waals surface area contributed by atoms with Gasteiger partial charge in [0.2, 0.25) is 0 Å². The fourth-order valence-electron chi connectivity index (χ4n) is 1.26. The molecule has 2 N–H and O–H groups in total. The van der Waals surface area contributed by atoms with Crippen LogP contribution in [0.3, 0.4) is 0 Å². The highest BCUT2D eigenvalue weighted by Crippen LogP contribution is 2.24. The Morgan fingerprint density at radius 1 is 1.59 bits per heavy atom. The first-order valence-electron chi connectivity index (χ1n) is 5.19. The molecular formula is C12H15NO3S. The van der Waals surface area contributed by atoms with E-state index in [-0.39, 0.29) is 12.0 Å². The molecule has 0 saturated heterocycles. The zero-order valence-electron chi connectivity index (χ0n) is 9.45. The van der Waals surface area contributed by atoms with Gasteiger partial charge in [-0.25, -0.2) is 4.79 Å². The lowest BCUT2D eigenvalue weighted by molar-refractivity contribution is -0.132. The lowest BCUT2D eigenvalue weighted by Gasteiger charge is -2.16. The predicted octanol–water partition coefficient (Wildman–Crippen LogP) is 1.83. The molecule has 17 heavy (non-hydrogen) atoms. The van der Waals surface area contributed by atoms with Crippen LogP contribution < -0.4 is 0 Å². The van der Waals surface area contributed by atoms with E-state index in [4.69, 9.17) is 5.11 Å². The highest BCUT2D eigenvalue weighted by Gasteiger charge is 2.17. The third-order valence-electron chi connectivity index (χ3n) is 2.36. The summed E-state index contributed by atoms with van der Waals surface area (Å²) < 4.78 is 0. The van der Waals surface area contributed by atoms with Crippen LogP contribution in [0.15, 0.2) is 36.0 Å². The van der Waals surface area contributed by atoms with Crippen LogP contribution >= 0.6 is 12.6 Å². The van der Waals surface area contributed by atoms with Crippen molar-refractivity contribution in [1.82, 2.24) is 4.98 Å². The Hall–Kier alpha value is -1.33.